The standard InChI is InChI=1S/C12H20N2/c1-2-3-5-11(9-13)10-6-4-7-12(14)8-10/h4,6-8,11H,2-3,5,9,13-14H2,1H3. The van der Waals surface area contributed by atoms with Crippen LogP contribution in [0.25, 0.3) is 0 Å². The molecule has 0 aliphatic rings. The Hall–Kier alpha value is -1.02. The maximum absolute atomic E-state index is 5.75. The highest BCUT2D eigenvalue weighted by molar-refractivity contribution is 5.41. The van der Waals surface area contributed by atoms with Gasteiger partial charge in [0, 0.05) is 5.69 Å². The lowest BCUT2D eigenvalue weighted by molar-refractivity contribution is 0.592. The minimum Gasteiger partial charge on any atom is -0.399 e. The topological polar surface area (TPSA) is 52.0 Å². The molecule has 2 nitrogen and oxygen atoms in total. The van der Waals surface area contributed by atoms with Gasteiger partial charge in [-0.05, 0) is 36.6 Å². The van der Waals surface area contributed by atoms with Gasteiger partial charge in [-0.1, -0.05) is 31.9 Å². The van der Waals surface area contributed by atoms with Gasteiger partial charge in [0.15, 0.2) is 0 Å². The van der Waals surface area contributed by atoms with Gasteiger partial charge in [-0.2, -0.15) is 0 Å². The quantitative estimate of drug-likeness (QED) is 0.704. The third-order valence-corrected chi connectivity index (χ3v) is 2.57. The molecule has 0 heterocycles. The first-order valence-corrected chi connectivity index (χ1v) is 5.33. The molecule has 0 aliphatic carbocycles. The van der Waals surface area contributed by atoms with Gasteiger partial charge in [-0.15, -0.1) is 0 Å². The van der Waals surface area contributed by atoms with Crippen molar-refractivity contribution in [1.29, 1.82) is 0 Å². The van der Waals surface area contributed by atoms with Crippen LogP contribution in [0.4, 0.5) is 5.69 Å². The summed E-state index contributed by atoms with van der Waals surface area (Å²) in [6.45, 7) is 2.91. The molecular weight excluding hydrogens is 172 g/mol. The number of nitrogen functional groups attached to an aromatic ring is 1. The van der Waals surface area contributed by atoms with Gasteiger partial charge in [0.1, 0.15) is 0 Å². The summed E-state index contributed by atoms with van der Waals surface area (Å²) in [5, 5.41) is 0. The van der Waals surface area contributed by atoms with Crippen LogP contribution in [0.2, 0.25) is 0 Å². The molecule has 0 saturated heterocycles. The lowest BCUT2D eigenvalue weighted by atomic mass is 9.93. The minimum atomic E-state index is 0.471. The molecule has 0 fully saturated rings. The molecule has 1 aromatic carbocycles. The van der Waals surface area contributed by atoms with Crippen LogP contribution in [0, 0.1) is 0 Å². The average molecular weight is 192 g/mol. The van der Waals surface area contributed by atoms with E-state index in [1.807, 2.05) is 18.2 Å². The predicted octanol–water partition coefficient (Wildman–Crippen LogP) is 2.50. The highest BCUT2D eigenvalue weighted by Gasteiger charge is 2.08. The summed E-state index contributed by atoms with van der Waals surface area (Å²) in [6, 6.07) is 8.06. The zero-order valence-corrected chi connectivity index (χ0v) is 8.87. The van der Waals surface area contributed by atoms with Crippen molar-refractivity contribution in [2.45, 2.75) is 32.1 Å². The number of nitrogens with two attached hydrogens (primary N) is 2. The Kier molecular flexibility index (Phi) is 4.47. The van der Waals surface area contributed by atoms with Crippen LogP contribution in [-0.2, 0) is 0 Å². The number of hydrogen-bond donors (Lipinski definition) is 2. The molecule has 4 N–H and O–H groups in total. The van der Waals surface area contributed by atoms with Crippen molar-refractivity contribution in [3.8, 4) is 0 Å². The van der Waals surface area contributed by atoms with E-state index in [9.17, 15) is 0 Å². The van der Waals surface area contributed by atoms with Crippen molar-refractivity contribution in [3.63, 3.8) is 0 Å². The molecule has 14 heavy (non-hydrogen) atoms. The molecule has 0 bridgehead atoms. The Balaban J connectivity index is 2.68. The Morgan fingerprint density at radius 2 is 2.14 bits per heavy atom. The van der Waals surface area contributed by atoms with Gasteiger partial charge in [0.2, 0.25) is 0 Å². The summed E-state index contributed by atoms with van der Waals surface area (Å²) in [6.07, 6.45) is 3.62. The van der Waals surface area contributed by atoms with E-state index < -0.39 is 0 Å². The van der Waals surface area contributed by atoms with E-state index in [1.54, 1.807) is 0 Å². The molecule has 0 aliphatic heterocycles. The third kappa shape index (κ3) is 3.04. The second kappa shape index (κ2) is 5.66. The predicted molar refractivity (Wildman–Crippen MR) is 62.2 cm³/mol. The van der Waals surface area contributed by atoms with Gasteiger partial charge in [-0.3, -0.25) is 0 Å². The van der Waals surface area contributed by atoms with Crippen molar-refractivity contribution in [1.82, 2.24) is 0 Å². The van der Waals surface area contributed by atoms with Crippen molar-refractivity contribution in [2.24, 2.45) is 5.73 Å². The van der Waals surface area contributed by atoms with E-state index in [4.69, 9.17) is 11.5 Å². The molecule has 1 atom stereocenters. The fourth-order valence-electron chi connectivity index (χ4n) is 1.68. The summed E-state index contributed by atoms with van der Waals surface area (Å²) in [5.74, 6) is 0.471. The maximum atomic E-state index is 5.75. The van der Waals surface area contributed by atoms with Gasteiger partial charge in [0.25, 0.3) is 0 Å². The molecule has 1 unspecified atom stereocenters. The van der Waals surface area contributed by atoms with Gasteiger partial charge >= 0.3 is 0 Å². The van der Waals surface area contributed by atoms with Crippen LogP contribution in [0.15, 0.2) is 24.3 Å². The number of unbranched alkanes of at least 4 members (excludes halogenated alkanes) is 1. The van der Waals surface area contributed by atoms with E-state index in [0.29, 0.717) is 12.5 Å². The van der Waals surface area contributed by atoms with Crippen LogP contribution < -0.4 is 11.5 Å². The Morgan fingerprint density at radius 1 is 1.36 bits per heavy atom. The highest BCUT2D eigenvalue weighted by atomic mass is 14.6. The first-order chi connectivity index (χ1) is 6.77. The lowest BCUT2D eigenvalue weighted by Gasteiger charge is -2.14. The zero-order chi connectivity index (χ0) is 10.4. The molecule has 0 radical (unpaired) electrons. The van der Waals surface area contributed by atoms with E-state index in [2.05, 4.69) is 13.0 Å². The normalized spacial score (nSPS) is 12.7. The fourth-order valence-corrected chi connectivity index (χ4v) is 1.68. The number of benzene rings is 1. The Labute approximate surface area is 86.3 Å². The monoisotopic (exact) mass is 192 g/mol. The zero-order valence-electron chi connectivity index (χ0n) is 8.87. The molecular formula is C12H20N2. The highest BCUT2D eigenvalue weighted by Crippen LogP contribution is 2.22. The van der Waals surface area contributed by atoms with Crippen molar-refractivity contribution in [2.75, 3.05) is 12.3 Å². The molecule has 0 aromatic heterocycles. The van der Waals surface area contributed by atoms with E-state index in [1.165, 1.54) is 18.4 Å². The summed E-state index contributed by atoms with van der Waals surface area (Å²) in [7, 11) is 0. The number of rotatable bonds is 5. The number of hydrogen-bond acceptors (Lipinski definition) is 2. The fraction of sp³-hybridized carbons (Fsp3) is 0.500. The smallest absolute Gasteiger partial charge is 0.0316 e. The Bertz CT molecular complexity index is 271. The lowest BCUT2D eigenvalue weighted by Crippen LogP contribution is -2.12. The third-order valence-electron chi connectivity index (χ3n) is 2.57. The van der Waals surface area contributed by atoms with E-state index in [0.717, 1.165) is 12.1 Å². The molecule has 0 amide bonds. The summed E-state index contributed by atoms with van der Waals surface area (Å²) >= 11 is 0. The molecule has 0 spiro atoms. The SMILES string of the molecule is CCCCC(CN)c1cccc(N)c1. The van der Waals surface area contributed by atoms with Gasteiger partial charge in [0.05, 0.1) is 0 Å². The van der Waals surface area contributed by atoms with Crippen molar-refractivity contribution >= 4 is 5.69 Å². The first kappa shape index (κ1) is 11.1. The average Bonchev–Trinajstić information content (AvgIpc) is 2.19. The summed E-state index contributed by atoms with van der Waals surface area (Å²) in [4.78, 5) is 0. The second-order valence-electron chi connectivity index (χ2n) is 3.74. The first-order valence-electron chi connectivity index (χ1n) is 5.33. The summed E-state index contributed by atoms with van der Waals surface area (Å²) in [5.41, 5.74) is 13.6. The van der Waals surface area contributed by atoms with Gasteiger partial charge < -0.3 is 11.5 Å². The molecule has 78 valence electrons. The van der Waals surface area contributed by atoms with Crippen LogP contribution in [0.1, 0.15) is 37.7 Å². The van der Waals surface area contributed by atoms with Crippen LogP contribution in [-0.4, -0.2) is 6.54 Å². The number of anilines is 1. The minimum absolute atomic E-state index is 0.471. The largest absolute Gasteiger partial charge is 0.399 e. The summed E-state index contributed by atoms with van der Waals surface area (Å²) < 4.78 is 0. The van der Waals surface area contributed by atoms with Crippen molar-refractivity contribution in [3.05, 3.63) is 29.8 Å². The second-order valence-corrected chi connectivity index (χ2v) is 3.74. The van der Waals surface area contributed by atoms with Gasteiger partial charge in [-0.25, -0.2) is 0 Å². The molecule has 0 saturated carbocycles. The van der Waals surface area contributed by atoms with E-state index >= 15 is 0 Å². The molecule has 1 aromatic rings. The Morgan fingerprint density at radius 3 is 2.71 bits per heavy atom. The molecule has 2 heteroatoms. The van der Waals surface area contributed by atoms with Crippen LogP contribution in [0.3, 0.4) is 0 Å². The maximum Gasteiger partial charge on any atom is 0.0316 e. The molecule has 1 rings (SSSR count). The van der Waals surface area contributed by atoms with Crippen LogP contribution in [0.5, 0.6) is 0 Å². The van der Waals surface area contributed by atoms with Crippen molar-refractivity contribution < 1.29 is 0 Å². The van der Waals surface area contributed by atoms with Crippen LogP contribution >= 0.6 is 0 Å². The van der Waals surface area contributed by atoms with E-state index in [-0.39, 0.29) is 0 Å².